The van der Waals surface area contributed by atoms with Gasteiger partial charge in [0.25, 0.3) is 0 Å². The molecule has 1 aromatic heterocycles. The number of hydrogen-bond acceptors (Lipinski definition) is 4. The van der Waals surface area contributed by atoms with Crippen LogP contribution < -0.4 is 16.2 Å². The van der Waals surface area contributed by atoms with Crippen molar-refractivity contribution in [1.82, 2.24) is 4.98 Å². The number of amides is 1. The number of benzene rings is 2. The Labute approximate surface area is 152 Å². The van der Waals surface area contributed by atoms with Gasteiger partial charge in [0.1, 0.15) is 5.75 Å². The van der Waals surface area contributed by atoms with Crippen molar-refractivity contribution in [2.75, 3.05) is 0 Å². The van der Waals surface area contributed by atoms with Crippen LogP contribution in [0.15, 0.2) is 72.9 Å². The van der Waals surface area contributed by atoms with Crippen LogP contribution in [0.1, 0.15) is 33.9 Å². The zero-order chi connectivity index (χ0) is 18.4. The van der Waals surface area contributed by atoms with Crippen LogP contribution in [-0.4, -0.2) is 10.9 Å². The van der Waals surface area contributed by atoms with E-state index in [9.17, 15) is 4.79 Å². The van der Waals surface area contributed by atoms with Crippen molar-refractivity contribution in [2.24, 2.45) is 11.5 Å². The van der Waals surface area contributed by atoms with E-state index in [2.05, 4.69) is 17.1 Å². The SMILES string of the molecule is NC(=O)c1ccnc(Oc2ccc(C(N)CCc3ccccc3)cc2)c1. The molecule has 5 nitrogen and oxygen atoms in total. The molecule has 3 aromatic rings. The van der Waals surface area contributed by atoms with Crippen LogP contribution >= 0.6 is 0 Å². The van der Waals surface area contributed by atoms with Gasteiger partial charge < -0.3 is 16.2 Å². The predicted octanol–water partition coefficient (Wildman–Crippen LogP) is 3.61. The van der Waals surface area contributed by atoms with Crippen LogP contribution in [0.4, 0.5) is 0 Å². The standard InChI is InChI=1S/C21H21N3O2/c22-19(11-6-15-4-2-1-3-5-15)16-7-9-18(10-8-16)26-20-14-17(21(23)25)12-13-24-20/h1-5,7-10,12-14,19H,6,11,22H2,(H2,23,25). The molecule has 0 aliphatic carbocycles. The van der Waals surface area contributed by atoms with Crippen molar-refractivity contribution in [1.29, 1.82) is 0 Å². The number of ether oxygens (including phenoxy) is 1. The molecule has 0 aliphatic heterocycles. The first-order valence-corrected chi connectivity index (χ1v) is 8.45. The smallest absolute Gasteiger partial charge is 0.248 e. The fraction of sp³-hybridized carbons (Fsp3) is 0.143. The van der Waals surface area contributed by atoms with Crippen LogP contribution in [-0.2, 0) is 6.42 Å². The number of carbonyl (C=O) groups excluding carboxylic acids is 1. The van der Waals surface area contributed by atoms with E-state index in [1.54, 1.807) is 6.07 Å². The van der Waals surface area contributed by atoms with E-state index in [0.29, 0.717) is 17.2 Å². The monoisotopic (exact) mass is 347 g/mol. The summed E-state index contributed by atoms with van der Waals surface area (Å²) in [5.41, 5.74) is 14.2. The number of carbonyl (C=O) groups is 1. The summed E-state index contributed by atoms with van der Waals surface area (Å²) in [4.78, 5) is 15.3. The molecule has 1 heterocycles. The summed E-state index contributed by atoms with van der Waals surface area (Å²) in [6.45, 7) is 0. The maximum Gasteiger partial charge on any atom is 0.248 e. The molecule has 0 bridgehead atoms. The lowest BCUT2D eigenvalue weighted by atomic mass is 10.00. The van der Waals surface area contributed by atoms with E-state index in [4.69, 9.17) is 16.2 Å². The summed E-state index contributed by atoms with van der Waals surface area (Å²) < 4.78 is 5.67. The van der Waals surface area contributed by atoms with E-state index < -0.39 is 5.91 Å². The number of pyridine rings is 1. The Morgan fingerprint density at radius 1 is 1.04 bits per heavy atom. The highest BCUT2D eigenvalue weighted by Crippen LogP contribution is 2.23. The normalized spacial score (nSPS) is 11.7. The third-order valence-corrected chi connectivity index (χ3v) is 4.14. The van der Waals surface area contributed by atoms with Gasteiger partial charge in [0.15, 0.2) is 0 Å². The second-order valence-corrected chi connectivity index (χ2v) is 6.05. The molecule has 0 saturated heterocycles. The number of nitrogens with two attached hydrogens (primary N) is 2. The van der Waals surface area contributed by atoms with Crippen molar-refractivity contribution < 1.29 is 9.53 Å². The second kappa shape index (κ2) is 8.27. The Bertz CT molecular complexity index is 864. The number of rotatable bonds is 7. The molecule has 0 saturated carbocycles. The number of primary amides is 1. The molecule has 5 heteroatoms. The summed E-state index contributed by atoms with van der Waals surface area (Å²) in [5, 5.41) is 0. The average molecular weight is 347 g/mol. The number of aromatic nitrogens is 1. The van der Waals surface area contributed by atoms with Gasteiger partial charge in [-0.25, -0.2) is 4.98 Å². The van der Waals surface area contributed by atoms with Crippen molar-refractivity contribution in [3.8, 4) is 11.6 Å². The van der Waals surface area contributed by atoms with E-state index in [1.165, 1.54) is 17.8 Å². The molecule has 4 N–H and O–H groups in total. The lowest BCUT2D eigenvalue weighted by Gasteiger charge is -2.13. The van der Waals surface area contributed by atoms with E-state index in [0.717, 1.165) is 18.4 Å². The molecule has 1 atom stereocenters. The fourth-order valence-corrected chi connectivity index (χ4v) is 2.66. The van der Waals surface area contributed by atoms with Crippen molar-refractivity contribution in [2.45, 2.75) is 18.9 Å². The van der Waals surface area contributed by atoms with E-state index >= 15 is 0 Å². The minimum atomic E-state index is -0.517. The topological polar surface area (TPSA) is 91.2 Å². The molecule has 0 radical (unpaired) electrons. The number of hydrogen-bond donors (Lipinski definition) is 2. The summed E-state index contributed by atoms with van der Waals surface area (Å²) in [5.74, 6) is 0.428. The van der Waals surface area contributed by atoms with Gasteiger partial charge >= 0.3 is 0 Å². The number of aryl methyl sites for hydroxylation is 1. The van der Waals surface area contributed by atoms with Crippen LogP contribution in [0, 0.1) is 0 Å². The van der Waals surface area contributed by atoms with Crippen LogP contribution in [0.3, 0.4) is 0 Å². The quantitative estimate of drug-likeness (QED) is 0.683. The first-order chi connectivity index (χ1) is 12.6. The third kappa shape index (κ3) is 4.68. The molecule has 3 rings (SSSR count). The van der Waals surface area contributed by atoms with Gasteiger partial charge in [0.05, 0.1) is 0 Å². The predicted molar refractivity (Wildman–Crippen MR) is 101 cm³/mol. The fourth-order valence-electron chi connectivity index (χ4n) is 2.66. The van der Waals surface area contributed by atoms with Gasteiger partial charge in [-0.1, -0.05) is 42.5 Å². The van der Waals surface area contributed by atoms with Crippen LogP contribution in [0.25, 0.3) is 0 Å². The highest BCUT2D eigenvalue weighted by molar-refractivity contribution is 5.92. The second-order valence-electron chi connectivity index (χ2n) is 6.05. The number of nitrogens with zero attached hydrogens (tertiary/aromatic N) is 1. The van der Waals surface area contributed by atoms with Gasteiger partial charge in [-0.2, -0.15) is 0 Å². The molecule has 0 aliphatic rings. The largest absolute Gasteiger partial charge is 0.439 e. The van der Waals surface area contributed by atoms with Crippen LogP contribution in [0.2, 0.25) is 0 Å². The lowest BCUT2D eigenvalue weighted by molar-refractivity contribution is 0.1000. The molecular formula is C21H21N3O2. The molecule has 0 spiro atoms. The minimum Gasteiger partial charge on any atom is -0.439 e. The zero-order valence-corrected chi connectivity index (χ0v) is 14.3. The van der Waals surface area contributed by atoms with Crippen LogP contribution in [0.5, 0.6) is 11.6 Å². The third-order valence-electron chi connectivity index (χ3n) is 4.14. The van der Waals surface area contributed by atoms with Crippen molar-refractivity contribution >= 4 is 5.91 Å². The minimum absolute atomic E-state index is 0.0411. The Kier molecular flexibility index (Phi) is 5.61. The van der Waals surface area contributed by atoms with Gasteiger partial charge in [-0.3, -0.25) is 4.79 Å². The molecule has 1 amide bonds. The Balaban J connectivity index is 1.61. The summed E-state index contributed by atoms with van der Waals surface area (Å²) in [6, 6.07) is 20.9. The molecule has 1 unspecified atom stereocenters. The highest BCUT2D eigenvalue weighted by atomic mass is 16.5. The molecule has 26 heavy (non-hydrogen) atoms. The van der Waals surface area contributed by atoms with Crippen molar-refractivity contribution in [3.63, 3.8) is 0 Å². The first kappa shape index (κ1) is 17.6. The van der Waals surface area contributed by atoms with Gasteiger partial charge in [0.2, 0.25) is 11.8 Å². The summed E-state index contributed by atoms with van der Waals surface area (Å²) in [7, 11) is 0. The Hall–Kier alpha value is -3.18. The molecular weight excluding hydrogens is 326 g/mol. The lowest BCUT2D eigenvalue weighted by Crippen LogP contribution is -2.11. The van der Waals surface area contributed by atoms with Crippen molar-refractivity contribution in [3.05, 3.63) is 89.6 Å². The first-order valence-electron chi connectivity index (χ1n) is 8.45. The van der Waals surface area contributed by atoms with Gasteiger partial charge in [0, 0.05) is 23.9 Å². The van der Waals surface area contributed by atoms with E-state index in [1.807, 2.05) is 42.5 Å². The highest BCUT2D eigenvalue weighted by Gasteiger charge is 2.08. The Morgan fingerprint density at radius 3 is 2.46 bits per heavy atom. The average Bonchev–Trinajstić information content (AvgIpc) is 2.68. The zero-order valence-electron chi connectivity index (χ0n) is 14.3. The molecule has 132 valence electrons. The van der Waals surface area contributed by atoms with Gasteiger partial charge in [-0.15, -0.1) is 0 Å². The maximum atomic E-state index is 11.2. The molecule has 2 aromatic carbocycles. The van der Waals surface area contributed by atoms with E-state index in [-0.39, 0.29) is 6.04 Å². The maximum absolute atomic E-state index is 11.2. The summed E-state index contributed by atoms with van der Waals surface area (Å²) >= 11 is 0. The summed E-state index contributed by atoms with van der Waals surface area (Å²) in [6.07, 6.45) is 3.29. The molecule has 0 fully saturated rings. The Morgan fingerprint density at radius 2 is 1.77 bits per heavy atom. The van der Waals surface area contributed by atoms with Gasteiger partial charge in [-0.05, 0) is 42.2 Å².